The fourth-order valence-electron chi connectivity index (χ4n) is 3.03. The van der Waals surface area contributed by atoms with Crippen molar-refractivity contribution in [2.24, 2.45) is 0 Å². The third-order valence-electron chi connectivity index (χ3n) is 4.34. The van der Waals surface area contributed by atoms with E-state index in [1.54, 1.807) is 0 Å². The molecule has 0 unspecified atom stereocenters. The van der Waals surface area contributed by atoms with Crippen molar-refractivity contribution in [1.29, 1.82) is 0 Å². The summed E-state index contributed by atoms with van der Waals surface area (Å²) in [5.41, 5.74) is 2.52. The van der Waals surface area contributed by atoms with E-state index < -0.39 is 0 Å². The number of thioether (sulfide) groups is 1. The first-order valence-corrected chi connectivity index (χ1v) is 10.4. The number of rotatable bonds is 7. The van der Waals surface area contributed by atoms with Crippen LogP contribution in [-0.4, -0.2) is 27.7 Å². The van der Waals surface area contributed by atoms with E-state index in [1.165, 1.54) is 11.8 Å². The van der Waals surface area contributed by atoms with Gasteiger partial charge >= 0.3 is 0 Å². The number of anilines is 1. The van der Waals surface area contributed by atoms with Gasteiger partial charge in [-0.15, -0.1) is 11.8 Å². The van der Waals surface area contributed by atoms with Gasteiger partial charge in [0.05, 0.1) is 12.4 Å². The van der Waals surface area contributed by atoms with Gasteiger partial charge in [-0.25, -0.2) is 4.98 Å². The molecule has 29 heavy (non-hydrogen) atoms. The Morgan fingerprint density at radius 3 is 2.55 bits per heavy atom. The van der Waals surface area contributed by atoms with E-state index in [1.807, 2.05) is 90.3 Å². The van der Waals surface area contributed by atoms with Crippen LogP contribution in [-0.2, 0) is 4.79 Å². The number of benzene rings is 2. The molecule has 0 saturated heterocycles. The lowest BCUT2D eigenvalue weighted by atomic mass is 10.1. The summed E-state index contributed by atoms with van der Waals surface area (Å²) in [5, 5.41) is 3.05. The van der Waals surface area contributed by atoms with Crippen LogP contribution in [0.5, 0.6) is 5.75 Å². The van der Waals surface area contributed by atoms with Gasteiger partial charge in [-0.05, 0) is 43.3 Å². The molecular weight excluding hydrogens is 382 g/mol. The van der Waals surface area contributed by atoms with Gasteiger partial charge in [-0.2, -0.15) is 0 Å². The lowest BCUT2D eigenvalue weighted by molar-refractivity contribution is -0.113. The summed E-state index contributed by atoms with van der Waals surface area (Å²) in [6.45, 7) is 2.59. The summed E-state index contributed by atoms with van der Waals surface area (Å²) < 4.78 is 7.36. The molecule has 1 amide bonds. The average Bonchev–Trinajstić information content (AvgIpc) is 3.12. The molecule has 4 aromatic rings. The minimum Gasteiger partial charge on any atom is -0.494 e. The van der Waals surface area contributed by atoms with Crippen molar-refractivity contribution < 1.29 is 9.53 Å². The molecule has 0 radical (unpaired) electrons. The van der Waals surface area contributed by atoms with E-state index in [4.69, 9.17) is 9.72 Å². The third-order valence-corrected chi connectivity index (χ3v) is 5.35. The maximum atomic E-state index is 12.7. The fraction of sp³-hybridized carbons (Fsp3) is 0.130. The molecule has 6 heteroatoms. The van der Waals surface area contributed by atoms with Crippen molar-refractivity contribution in [2.45, 2.75) is 11.8 Å². The Labute approximate surface area is 173 Å². The van der Waals surface area contributed by atoms with Gasteiger partial charge in [-0.3, -0.25) is 9.20 Å². The van der Waals surface area contributed by atoms with Gasteiger partial charge in [0.15, 0.2) is 0 Å². The standard InChI is InChI=1S/C23H21N3O2S/c1-2-28-18-11-13-19(14-12-18)29-16-21(27)25-23-22(17-8-4-3-5-9-17)24-20-10-6-7-15-26(20)23/h3-15H,2,16H2,1H3,(H,25,27). The van der Waals surface area contributed by atoms with Crippen LogP contribution in [0.1, 0.15) is 6.92 Å². The highest BCUT2D eigenvalue weighted by atomic mass is 32.2. The Morgan fingerprint density at radius 2 is 1.79 bits per heavy atom. The summed E-state index contributed by atoms with van der Waals surface area (Å²) >= 11 is 1.49. The number of carbonyl (C=O) groups excluding carboxylic acids is 1. The van der Waals surface area contributed by atoms with Crippen molar-refractivity contribution in [2.75, 3.05) is 17.7 Å². The van der Waals surface area contributed by atoms with Crippen LogP contribution in [0.15, 0.2) is 83.9 Å². The molecule has 0 saturated carbocycles. The van der Waals surface area contributed by atoms with E-state index in [0.29, 0.717) is 18.2 Å². The Kier molecular flexibility index (Phi) is 5.81. The number of amides is 1. The zero-order valence-corrected chi connectivity index (χ0v) is 16.9. The molecule has 0 aliphatic rings. The van der Waals surface area contributed by atoms with Gasteiger partial charge in [0.1, 0.15) is 22.9 Å². The minimum atomic E-state index is -0.0771. The Balaban J connectivity index is 1.52. The number of carbonyl (C=O) groups is 1. The second kappa shape index (κ2) is 8.84. The first-order chi connectivity index (χ1) is 14.2. The average molecular weight is 404 g/mol. The molecule has 0 atom stereocenters. The number of pyridine rings is 1. The van der Waals surface area contributed by atoms with Crippen LogP contribution in [0.3, 0.4) is 0 Å². The van der Waals surface area contributed by atoms with Gasteiger partial charge in [0, 0.05) is 16.7 Å². The topological polar surface area (TPSA) is 55.6 Å². The summed E-state index contributed by atoms with van der Waals surface area (Å²) in [6, 6.07) is 23.4. The van der Waals surface area contributed by atoms with Crippen molar-refractivity contribution in [1.82, 2.24) is 9.38 Å². The summed E-state index contributed by atoms with van der Waals surface area (Å²) in [5.74, 6) is 1.75. The van der Waals surface area contributed by atoms with E-state index >= 15 is 0 Å². The van der Waals surface area contributed by atoms with E-state index in [-0.39, 0.29) is 5.91 Å². The molecule has 2 aromatic carbocycles. The molecule has 146 valence electrons. The molecule has 2 heterocycles. The van der Waals surface area contributed by atoms with E-state index in [2.05, 4.69) is 5.32 Å². The van der Waals surface area contributed by atoms with Gasteiger partial charge in [-0.1, -0.05) is 36.4 Å². The molecule has 4 rings (SSSR count). The number of imidazole rings is 1. The fourth-order valence-corrected chi connectivity index (χ4v) is 3.73. The highest BCUT2D eigenvalue weighted by Gasteiger charge is 2.16. The zero-order valence-electron chi connectivity index (χ0n) is 16.0. The zero-order chi connectivity index (χ0) is 20.1. The molecule has 1 N–H and O–H groups in total. The van der Waals surface area contributed by atoms with E-state index in [0.717, 1.165) is 27.5 Å². The SMILES string of the molecule is CCOc1ccc(SCC(=O)Nc2c(-c3ccccc3)nc3ccccn23)cc1. The summed E-state index contributed by atoms with van der Waals surface area (Å²) in [4.78, 5) is 18.4. The van der Waals surface area contributed by atoms with E-state index in [9.17, 15) is 4.79 Å². The smallest absolute Gasteiger partial charge is 0.235 e. The first kappa shape index (κ1) is 19.1. The number of hydrogen-bond donors (Lipinski definition) is 1. The molecule has 0 spiro atoms. The first-order valence-electron chi connectivity index (χ1n) is 9.42. The molecule has 0 bridgehead atoms. The summed E-state index contributed by atoms with van der Waals surface area (Å²) in [7, 11) is 0. The molecule has 2 aromatic heterocycles. The van der Waals surface area contributed by atoms with Crippen molar-refractivity contribution >= 4 is 29.1 Å². The maximum Gasteiger partial charge on any atom is 0.235 e. The lowest BCUT2D eigenvalue weighted by Crippen LogP contribution is -2.16. The quantitative estimate of drug-likeness (QED) is 0.435. The predicted molar refractivity (Wildman–Crippen MR) is 118 cm³/mol. The van der Waals surface area contributed by atoms with Crippen LogP contribution in [0.2, 0.25) is 0 Å². The number of aromatic nitrogens is 2. The van der Waals surface area contributed by atoms with Crippen LogP contribution in [0, 0.1) is 0 Å². The third kappa shape index (κ3) is 4.43. The monoisotopic (exact) mass is 403 g/mol. The maximum absolute atomic E-state index is 12.7. The van der Waals surface area contributed by atoms with Gasteiger partial charge in [0.25, 0.3) is 0 Å². The van der Waals surface area contributed by atoms with Crippen LogP contribution in [0.25, 0.3) is 16.9 Å². The molecule has 0 aliphatic carbocycles. The molecular formula is C23H21N3O2S. The normalized spacial score (nSPS) is 10.8. The second-order valence-corrected chi connectivity index (χ2v) is 7.39. The predicted octanol–water partition coefficient (Wildman–Crippen LogP) is 5.13. The highest BCUT2D eigenvalue weighted by Crippen LogP contribution is 2.29. The number of nitrogens with one attached hydrogen (secondary N) is 1. The van der Waals surface area contributed by atoms with Crippen molar-refractivity contribution in [3.05, 3.63) is 79.0 Å². The van der Waals surface area contributed by atoms with Crippen LogP contribution >= 0.6 is 11.8 Å². The van der Waals surface area contributed by atoms with Crippen LogP contribution in [0.4, 0.5) is 5.82 Å². The molecule has 5 nitrogen and oxygen atoms in total. The Morgan fingerprint density at radius 1 is 1.03 bits per heavy atom. The van der Waals surface area contributed by atoms with Crippen molar-refractivity contribution in [3.8, 4) is 17.0 Å². The number of ether oxygens (including phenoxy) is 1. The summed E-state index contributed by atoms with van der Waals surface area (Å²) in [6.07, 6.45) is 1.91. The highest BCUT2D eigenvalue weighted by molar-refractivity contribution is 8.00. The largest absolute Gasteiger partial charge is 0.494 e. The molecule has 0 aliphatic heterocycles. The van der Waals surface area contributed by atoms with Crippen LogP contribution < -0.4 is 10.1 Å². The second-order valence-electron chi connectivity index (χ2n) is 6.35. The number of hydrogen-bond acceptors (Lipinski definition) is 4. The Bertz CT molecular complexity index is 1110. The number of fused-ring (bicyclic) bond motifs is 1. The van der Waals surface area contributed by atoms with Crippen molar-refractivity contribution in [3.63, 3.8) is 0 Å². The number of nitrogens with zero attached hydrogens (tertiary/aromatic N) is 2. The Hall–Kier alpha value is -3.25. The lowest BCUT2D eigenvalue weighted by Gasteiger charge is -2.08. The van der Waals surface area contributed by atoms with Gasteiger partial charge < -0.3 is 10.1 Å². The van der Waals surface area contributed by atoms with Gasteiger partial charge in [0.2, 0.25) is 5.91 Å². The molecule has 0 fully saturated rings. The minimum absolute atomic E-state index is 0.0771.